The van der Waals surface area contributed by atoms with E-state index < -0.39 is 148 Å². The van der Waals surface area contributed by atoms with Gasteiger partial charge in [-0.2, -0.15) is 0 Å². The largest absolute Gasteiger partial charge is 0.394 e. The first-order valence-electron chi connectivity index (χ1n) is 30.6. The maximum atomic E-state index is 13.2. The fourth-order valence-electron chi connectivity index (χ4n) is 10.2. The molecule has 18 N–H and O–H groups in total. The molecule has 2 heterocycles. The van der Waals surface area contributed by atoms with E-state index in [1.54, 1.807) is 0 Å². The van der Waals surface area contributed by atoms with Gasteiger partial charge in [0.25, 0.3) is 11.8 Å². The molecule has 486 valence electrons. The molecule has 0 aromatic rings. The number of aliphatic hydroxyl groups is 16. The Labute approximate surface area is 485 Å². The lowest BCUT2D eigenvalue weighted by molar-refractivity contribution is -0.326. The van der Waals surface area contributed by atoms with Crippen LogP contribution in [0, 0.1) is 0 Å². The van der Waals surface area contributed by atoms with Crippen LogP contribution in [0.5, 0.6) is 0 Å². The molecule has 0 aromatic heterocycles. The number of hydrogen-bond acceptors (Lipinski definition) is 24. The lowest BCUT2D eigenvalue weighted by atomic mass is 9.98. The number of amides is 2. The van der Waals surface area contributed by atoms with Crippen LogP contribution in [-0.4, -0.2) is 292 Å². The molecule has 2 fully saturated rings. The summed E-state index contributed by atoms with van der Waals surface area (Å²) in [7, 11) is 0. The van der Waals surface area contributed by atoms with Crippen molar-refractivity contribution in [2.24, 2.45) is 0 Å². The third-order valence-electron chi connectivity index (χ3n) is 15.6. The van der Waals surface area contributed by atoms with Crippen molar-refractivity contribution in [2.45, 2.75) is 265 Å². The van der Waals surface area contributed by atoms with Crippen LogP contribution < -0.4 is 10.6 Å². The molecule has 2 amide bonds. The highest BCUT2D eigenvalue weighted by molar-refractivity contribution is 5.81. The molecule has 0 spiro atoms. The third kappa shape index (κ3) is 27.8. The number of rotatable bonds is 49. The predicted octanol–water partition coefficient (Wildman–Crippen LogP) is -3.03. The highest BCUT2D eigenvalue weighted by Gasteiger charge is 2.49. The molecular weight excluding hydrogens is 1080 g/mol. The number of unbranched alkanes of at least 4 members (excludes halogenated alkanes) is 18. The quantitative estimate of drug-likeness (QED) is 0.0269. The molecule has 18 atom stereocenters. The maximum Gasteiger partial charge on any atom is 0.251 e. The van der Waals surface area contributed by atoms with Crippen molar-refractivity contribution in [3.05, 3.63) is 0 Å². The summed E-state index contributed by atoms with van der Waals surface area (Å²) in [5.41, 5.74) is 0. The predicted molar refractivity (Wildman–Crippen MR) is 299 cm³/mol. The van der Waals surface area contributed by atoms with Crippen molar-refractivity contribution in [2.75, 3.05) is 78.8 Å². The Morgan fingerprint density at radius 2 is 0.707 bits per heavy atom. The normalized spacial score (nSPS) is 26.3. The van der Waals surface area contributed by atoms with Crippen LogP contribution in [0.4, 0.5) is 0 Å². The first kappa shape index (κ1) is 76.2. The Hall–Kier alpha value is -1.94. The van der Waals surface area contributed by atoms with Gasteiger partial charge >= 0.3 is 0 Å². The van der Waals surface area contributed by atoms with Gasteiger partial charge in [0.15, 0.2) is 24.8 Å². The van der Waals surface area contributed by atoms with E-state index in [2.05, 4.69) is 34.3 Å². The first-order valence-corrected chi connectivity index (χ1v) is 30.6. The molecular formula is C56H110N4O22. The SMILES string of the molecule is CCCCCCCCCCCCN(CCCNC(=O)[C@H](O)[C@H](O)[C@H](O[C@@H]1O[C@H](CO)[C@@H](O)[C@H](O)[C@H]1O)[C@H](O)CO)CCN(CCCCCCCCCCCC)CCCNC(=O)[C@H](O)[C@H](O)[C@H](O[C@@H]1O[C@H](CO)[C@@H](O)[C@H](O)[C@H]1O)[C@H](O)CO. The monoisotopic (exact) mass is 1190 g/mol. The van der Waals surface area contributed by atoms with Crippen LogP contribution in [0.25, 0.3) is 0 Å². The van der Waals surface area contributed by atoms with Crippen molar-refractivity contribution >= 4 is 11.8 Å². The minimum absolute atomic E-state index is 0.0695. The lowest BCUT2D eigenvalue weighted by Crippen LogP contribution is -2.62. The van der Waals surface area contributed by atoms with Crippen LogP contribution in [-0.2, 0) is 28.5 Å². The zero-order chi connectivity index (χ0) is 61.0. The smallest absolute Gasteiger partial charge is 0.251 e. The van der Waals surface area contributed by atoms with E-state index in [4.69, 9.17) is 18.9 Å². The van der Waals surface area contributed by atoms with E-state index in [0.29, 0.717) is 39.0 Å². The Morgan fingerprint density at radius 3 is 1.00 bits per heavy atom. The maximum absolute atomic E-state index is 13.2. The second-order valence-corrected chi connectivity index (χ2v) is 22.3. The summed E-state index contributed by atoms with van der Waals surface area (Å²) in [4.78, 5) is 31.0. The van der Waals surface area contributed by atoms with Gasteiger partial charge in [0.2, 0.25) is 0 Å². The summed E-state index contributed by atoms with van der Waals surface area (Å²) in [6.07, 6.45) is -10.1. The summed E-state index contributed by atoms with van der Waals surface area (Å²) in [6, 6.07) is 0. The molecule has 0 saturated carbocycles. The second-order valence-electron chi connectivity index (χ2n) is 22.3. The zero-order valence-corrected chi connectivity index (χ0v) is 48.9. The van der Waals surface area contributed by atoms with Crippen LogP contribution in [0.3, 0.4) is 0 Å². The molecule has 0 bridgehead atoms. The molecule has 0 aromatic carbocycles. The first-order chi connectivity index (χ1) is 39.3. The highest BCUT2D eigenvalue weighted by Crippen LogP contribution is 2.27. The molecule has 2 aliphatic heterocycles. The lowest BCUT2D eigenvalue weighted by Gasteiger charge is -2.42. The Kier molecular flexibility index (Phi) is 41.3. The molecule has 0 radical (unpaired) electrons. The van der Waals surface area contributed by atoms with Gasteiger partial charge in [-0.15, -0.1) is 0 Å². The minimum Gasteiger partial charge on any atom is -0.394 e. The van der Waals surface area contributed by atoms with E-state index in [1.807, 2.05) is 0 Å². The third-order valence-corrected chi connectivity index (χ3v) is 15.6. The molecule has 2 rings (SSSR count). The second kappa shape index (κ2) is 44.5. The van der Waals surface area contributed by atoms with Crippen LogP contribution in [0.1, 0.15) is 155 Å². The number of hydrogen-bond donors (Lipinski definition) is 18. The summed E-state index contributed by atoms with van der Waals surface area (Å²) < 4.78 is 21.5. The summed E-state index contributed by atoms with van der Waals surface area (Å²) in [6.45, 7) is 4.79. The van der Waals surface area contributed by atoms with Crippen LogP contribution in [0.2, 0.25) is 0 Å². The van der Waals surface area contributed by atoms with Gasteiger partial charge < -0.3 is 121 Å². The highest BCUT2D eigenvalue weighted by atomic mass is 16.7. The molecule has 0 unspecified atom stereocenters. The number of carbonyl (C=O) groups excluding carboxylic acids is 2. The molecule has 0 aliphatic carbocycles. The number of nitrogens with zero attached hydrogens (tertiary/aromatic N) is 2. The van der Waals surface area contributed by atoms with Gasteiger partial charge in [0.05, 0.1) is 26.4 Å². The fraction of sp³-hybridized carbons (Fsp3) is 0.964. The van der Waals surface area contributed by atoms with Crippen molar-refractivity contribution in [1.82, 2.24) is 20.4 Å². The Bertz CT molecular complexity index is 1490. The average Bonchev–Trinajstić information content (AvgIpc) is 3.48. The summed E-state index contributed by atoms with van der Waals surface area (Å²) in [5, 5.41) is 170. The van der Waals surface area contributed by atoms with Crippen LogP contribution >= 0.6 is 0 Å². The number of aliphatic hydroxyl groups excluding tert-OH is 16. The Balaban J connectivity index is 2.14. The topological polar surface area (TPSA) is 425 Å². The van der Waals surface area contributed by atoms with Crippen molar-refractivity contribution in [1.29, 1.82) is 0 Å². The van der Waals surface area contributed by atoms with Gasteiger partial charge in [0.1, 0.15) is 85.5 Å². The molecule has 2 aliphatic rings. The van der Waals surface area contributed by atoms with E-state index in [0.717, 1.165) is 64.5 Å². The number of carbonyl (C=O) groups is 2. The van der Waals surface area contributed by atoms with E-state index in [1.165, 1.54) is 77.0 Å². The van der Waals surface area contributed by atoms with Crippen molar-refractivity contribution in [3.8, 4) is 0 Å². The van der Waals surface area contributed by atoms with E-state index >= 15 is 0 Å². The summed E-state index contributed by atoms with van der Waals surface area (Å²) in [5.74, 6) is -2.05. The van der Waals surface area contributed by atoms with Gasteiger partial charge in [-0.25, -0.2) is 0 Å². The molecule has 26 heteroatoms. The van der Waals surface area contributed by atoms with Crippen molar-refractivity contribution < 1.29 is 110 Å². The standard InChI is InChI=1S/C56H110N4O22/c1-3-5-7-9-11-13-15-17-19-21-27-59(29-23-25-57-53(77)47(73)45(71)51(37(65)33-61)81-55-49(75)43(69)41(67)39(35-63)79-55)31-32-60(28-22-20-18-16-14-12-10-8-6-4-2)30-24-26-58-54(78)48(74)46(72)52(38(66)34-62)82-56-50(76)44(70)42(68)40(36-64)80-56/h37-52,55-56,61-76H,3-36H2,1-2H3,(H,57,77)(H,58,78)/t37-,38-,39-,40-,41-,42-,43+,44+,45+,46+,47-,48-,49-,50-,51-,52-,55+,56+/m1/s1. The molecule has 26 nitrogen and oxygen atoms in total. The van der Waals surface area contributed by atoms with Gasteiger partial charge in [0, 0.05) is 26.2 Å². The Morgan fingerprint density at radius 1 is 0.415 bits per heavy atom. The van der Waals surface area contributed by atoms with E-state index in [-0.39, 0.29) is 13.1 Å². The van der Waals surface area contributed by atoms with Gasteiger partial charge in [-0.1, -0.05) is 129 Å². The zero-order valence-electron chi connectivity index (χ0n) is 48.9. The molecule has 2 saturated heterocycles. The minimum atomic E-state index is -2.20. The molecule has 82 heavy (non-hydrogen) atoms. The average molecular weight is 1190 g/mol. The summed E-state index contributed by atoms with van der Waals surface area (Å²) >= 11 is 0. The van der Waals surface area contributed by atoms with Gasteiger partial charge in [-0.3, -0.25) is 9.59 Å². The van der Waals surface area contributed by atoms with Crippen LogP contribution in [0.15, 0.2) is 0 Å². The number of ether oxygens (including phenoxy) is 4. The fourth-order valence-corrected chi connectivity index (χ4v) is 10.2. The van der Waals surface area contributed by atoms with Gasteiger partial charge in [-0.05, 0) is 51.9 Å². The number of nitrogens with one attached hydrogen (secondary N) is 2. The van der Waals surface area contributed by atoms with Crippen molar-refractivity contribution in [3.63, 3.8) is 0 Å². The van der Waals surface area contributed by atoms with E-state index in [9.17, 15) is 91.3 Å².